The molecule has 1 aromatic rings. The number of aromatic nitrogens is 2. The van der Waals surface area contributed by atoms with E-state index in [1.165, 1.54) is 4.57 Å². The maximum absolute atomic E-state index is 12.6. The van der Waals surface area contributed by atoms with Gasteiger partial charge in [-0.2, -0.15) is 4.98 Å². The highest BCUT2D eigenvalue weighted by molar-refractivity contribution is 5.35. The molecule has 2 rings (SSSR count). The SMILES string of the molecule is COCCO[C@@H]1[C@H](OC(C)(C)C)[C@@H](CC(C)(C)C)O[C@H]1n1cc(C)c(N)nc1=O. The van der Waals surface area contributed by atoms with E-state index in [0.29, 0.717) is 18.8 Å². The molecule has 0 amide bonds. The lowest BCUT2D eigenvalue weighted by atomic mass is 9.87. The molecule has 0 spiro atoms. The van der Waals surface area contributed by atoms with Crippen molar-refractivity contribution in [1.82, 2.24) is 9.55 Å². The number of hydrogen-bond acceptors (Lipinski definition) is 7. The van der Waals surface area contributed by atoms with Crippen molar-refractivity contribution < 1.29 is 18.9 Å². The van der Waals surface area contributed by atoms with Gasteiger partial charge in [-0.15, -0.1) is 0 Å². The molecule has 8 heteroatoms. The average molecular weight is 412 g/mol. The lowest BCUT2D eigenvalue weighted by Gasteiger charge is -2.33. The van der Waals surface area contributed by atoms with Crippen LogP contribution < -0.4 is 11.4 Å². The van der Waals surface area contributed by atoms with Crippen LogP contribution in [0.4, 0.5) is 5.82 Å². The predicted molar refractivity (Wildman–Crippen MR) is 112 cm³/mol. The molecule has 8 nitrogen and oxygen atoms in total. The van der Waals surface area contributed by atoms with Crippen LogP contribution in [0.25, 0.3) is 0 Å². The van der Waals surface area contributed by atoms with E-state index in [9.17, 15) is 4.79 Å². The number of ether oxygens (including phenoxy) is 4. The van der Waals surface area contributed by atoms with Crippen molar-refractivity contribution in [2.75, 3.05) is 26.1 Å². The smallest absolute Gasteiger partial charge is 0.351 e. The van der Waals surface area contributed by atoms with E-state index < -0.39 is 23.6 Å². The molecular formula is C21H37N3O5. The highest BCUT2D eigenvalue weighted by Crippen LogP contribution is 2.40. The van der Waals surface area contributed by atoms with Crippen LogP contribution >= 0.6 is 0 Å². The predicted octanol–water partition coefficient (Wildman–Crippen LogP) is 2.68. The molecule has 0 saturated carbocycles. The van der Waals surface area contributed by atoms with E-state index in [-0.39, 0.29) is 23.4 Å². The molecule has 1 aliphatic rings. The van der Waals surface area contributed by atoms with Crippen molar-refractivity contribution in [2.24, 2.45) is 5.41 Å². The second-order valence-corrected chi connectivity index (χ2v) is 9.85. The molecule has 0 unspecified atom stereocenters. The van der Waals surface area contributed by atoms with Crippen LogP contribution in [-0.2, 0) is 18.9 Å². The Bertz CT molecular complexity index is 735. The van der Waals surface area contributed by atoms with Crippen molar-refractivity contribution in [1.29, 1.82) is 0 Å². The van der Waals surface area contributed by atoms with Crippen molar-refractivity contribution in [2.45, 2.75) is 85.0 Å². The van der Waals surface area contributed by atoms with E-state index in [4.69, 9.17) is 24.7 Å². The maximum Gasteiger partial charge on any atom is 0.351 e. The number of anilines is 1. The first-order valence-electron chi connectivity index (χ1n) is 10.1. The van der Waals surface area contributed by atoms with Crippen LogP contribution in [0.3, 0.4) is 0 Å². The Hall–Kier alpha value is -1.48. The third-order valence-electron chi connectivity index (χ3n) is 4.63. The van der Waals surface area contributed by atoms with Crippen LogP contribution in [0.1, 0.15) is 59.8 Å². The fourth-order valence-corrected chi connectivity index (χ4v) is 3.46. The van der Waals surface area contributed by atoms with Gasteiger partial charge in [-0.25, -0.2) is 4.79 Å². The highest BCUT2D eigenvalue weighted by atomic mass is 16.6. The molecule has 2 N–H and O–H groups in total. The zero-order valence-corrected chi connectivity index (χ0v) is 19.0. The Morgan fingerprint density at radius 2 is 1.83 bits per heavy atom. The summed E-state index contributed by atoms with van der Waals surface area (Å²) in [6.07, 6.45) is 0.697. The van der Waals surface area contributed by atoms with Gasteiger partial charge < -0.3 is 24.7 Å². The zero-order valence-electron chi connectivity index (χ0n) is 19.0. The molecule has 4 atom stereocenters. The summed E-state index contributed by atoms with van der Waals surface area (Å²) in [7, 11) is 1.62. The quantitative estimate of drug-likeness (QED) is 0.689. The topological polar surface area (TPSA) is 97.8 Å². The number of rotatable bonds is 7. The Kier molecular flexibility index (Phi) is 7.48. The molecule has 29 heavy (non-hydrogen) atoms. The summed E-state index contributed by atoms with van der Waals surface area (Å²) < 4.78 is 25.5. The molecule has 0 aliphatic carbocycles. The van der Waals surface area contributed by atoms with Crippen molar-refractivity contribution >= 4 is 5.82 Å². The number of nitrogens with zero attached hydrogens (tertiary/aromatic N) is 2. The normalized spacial score (nSPS) is 25.5. The Morgan fingerprint density at radius 1 is 1.17 bits per heavy atom. The van der Waals surface area contributed by atoms with Crippen LogP contribution in [0.2, 0.25) is 0 Å². The molecule has 1 saturated heterocycles. The summed E-state index contributed by atoms with van der Waals surface area (Å²) in [5, 5.41) is 0. The van der Waals surface area contributed by atoms with E-state index >= 15 is 0 Å². The van der Waals surface area contributed by atoms with Gasteiger partial charge in [0.1, 0.15) is 18.0 Å². The summed E-state index contributed by atoms with van der Waals surface area (Å²) in [5.41, 5.74) is 5.65. The maximum atomic E-state index is 12.6. The minimum Gasteiger partial charge on any atom is -0.383 e. The summed E-state index contributed by atoms with van der Waals surface area (Å²) in [4.78, 5) is 16.5. The number of nitrogens with two attached hydrogens (primary N) is 1. The Labute approximate surface area is 173 Å². The summed E-state index contributed by atoms with van der Waals surface area (Å²) in [6.45, 7) is 15.1. The van der Waals surface area contributed by atoms with Gasteiger partial charge in [0.25, 0.3) is 0 Å². The molecule has 0 bridgehead atoms. The number of nitrogen functional groups attached to an aromatic ring is 1. The largest absolute Gasteiger partial charge is 0.383 e. The lowest BCUT2D eigenvalue weighted by Crippen LogP contribution is -2.44. The van der Waals surface area contributed by atoms with Gasteiger partial charge in [-0.05, 0) is 39.5 Å². The van der Waals surface area contributed by atoms with Crippen LogP contribution in [0, 0.1) is 12.3 Å². The van der Waals surface area contributed by atoms with Gasteiger partial charge in [-0.1, -0.05) is 20.8 Å². The molecule has 1 fully saturated rings. The van der Waals surface area contributed by atoms with E-state index in [1.54, 1.807) is 13.3 Å². The van der Waals surface area contributed by atoms with E-state index in [0.717, 1.165) is 6.42 Å². The average Bonchev–Trinajstić information content (AvgIpc) is 2.85. The molecular weight excluding hydrogens is 374 g/mol. The minimum absolute atomic E-state index is 0.0103. The standard InChI is InChI=1S/C21H37N3O5/c1-13-12-24(19(25)23-17(13)22)18-16(27-10-9-26-8)15(29-21(5,6)7)14(28-18)11-20(2,3)4/h12,14-16,18H,9-11H2,1-8H3,(H2,22,23,25)/t14-,15-,16-,18-/m1/s1. The van der Waals surface area contributed by atoms with Crippen molar-refractivity contribution in [3.8, 4) is 0 Å². The van der Waals surface area contributed by atoms with Gasteiger partial charge in [0.2, 0.25) is 0 Å². The van der Waals surface area contributed by atoms with Crippen LogP contribution in [-0.4, -0.2) is 53.8 Å². The van der Waals surface area contributed by atoms with Gasteiger partial charge in [0, 0.05) is 18.9 Å². The van der Waals surface area contributed by atoms with Gasteiger partial charge in [0.05, 0.1) is 24.9 Å². The first kappa shape index (κ1) is 23.8. The van der Waals surface area contributed by atoms with Crippen LogP contribution in [0.5, 0.6) is 0 Å². The lowest BCUT2D eigenvalue weighted by molar-refractivity contribution is -0.134. The first-order valence-corrected chi connectivity index (χ1v) is 10.1. The number of hydrogen-bond donors (Lipinski definition) is 1. The monoisotopic (exact) mass is 411 g/mol. The molecule has 166 valence electrons. The minimum atomic E-state index is -0.661. The summed E-state index contributed by atoms with van der Waals surface area (Å²) in [6, 6.07) is 0. The number of methoxy groups -OCH3 is 1. The zero-order chi connectivity index (χ0) is 22.0. The summed E-state index contributed by atoms with van der Waals surface area (Å²) in [5.74, 6) is 0.217. The molecule has 2 heterocycles. The molecule has 0 aromatic carbocycles. The fraction of sp³-hybridized carbons (Fsp3) is 0.810. The van der Waals surface area contributed by atoms with E-state index in [1.807, 2.05) is 27.7 Å². The van der Waals surface area contributed by atoms with Gasteiger partial charge in [-0.3, -0.25) is 4.57 Å². The molecule has 1 aromatic heterocycles. The molecule has 0 radical (unpaired) electrons. The molecule has 1 aliphatic heterocycles. The highest BCUT2D eigenvalue weighted by Gasteiger charge is 2.49. The van der Waals surface area contributed by atoms with Gasteiger partial charge >= 0.3 is 5.69 Å². The van der Waals surface area contributed by atoms with Crippen LogP contribution in [0.15, 0.2) is 11.0 Å². The van der Waals surface area contributed by atoms with Crippen molar-refractivity contribution in [3.05, 3.63) is 22.2 Å². The number of aryl methyl sites for hydroxylation is 1. The van der Waals surface area contributed by atoms with Crippen molar-refractivity contribution in [3.63, 3.8) is 0 Å². The van der Waals surface area contributed by atoms with Gasteiger partial charge in [0.15, 0.2) is 6.23 Å². The second kappa shape index (κ2) is 9.12. The Balaban J connectivity index is 2.46. The Morgan fingerprint density at radius 3 is 2.38 bits per heavy atom. The summed E-state index contributed by atoms with van der Waals surface area (Å²) >= 11 is 0. The first-order chi connectivity index (χ1) is 13.3. The van der Waals surface area contributed by atoms with E-state index in [2.05, 4.69) is 25.8 Å². The fourth-order valence-electron chi connectivity index (χ4n) is 3.46. The third kappa shape index (κ3) is 6.50. The second-order valence-electron chi connectivity index (χ2n) is 9.85. The third-order valence-corrected chi connectivity index (χ3v) is 4.63.